The van der Waals surface area contributed by atoms with Gasteiger partial charge in [-0.2, -0.15) is 5.10 Å². The molecule has 0 spiro atoms. The normalized spacial score (nSPS) is 10.9. The molecule has 20 heavy (non-hydrogen) atoms. The van der Waals surface area contributed by atoms with E-state index in [0.29, 0.717) is 5.56 Å². The van der Waals surface area contributed by atoms with E-state index in [1.165, 1.54) is 6.21 Å². The Bertz CT molecular complexity index is 652. The number of aromatic hydroxyl groups is 1. The van der Waals surface area contributed by atoms with E-state index in [4.69, 9.17) is 0 Å². The average molecular weight is 338 g/mol. The highest BCUT2D eigenvalue weighted by Crippen LogP contribution is 2.19. The molecule has 0 fully saturated rings. The first-order valence-electron chi connectivity index (χ1n) is 5.90. The highest BCUT2D eigenvalue weighted by Gasteiger charge is 2.09. The summed E-state index contributed by atoms with van der Waals surface area (Å²) in [4.78, 5) is 14.6. The Balaban J connectivity index is 1.94. The molecule has 0 unspecified atom stereocenters. The van der Waals surface area contributed by atoms with Crippen LogP contribution < -0.4 is 9.99 Å². The number of hydrazone groups is 1. The summed E-state index contributed by atoms with van der Waals surface area (Å²) >= 11 is 3.30. The van der Waals surface area contributed by atoms with E-state index in [2.05, 4.69) is 31.4 Å². The Morgan fingerprint density at radius 3 is 3.10 bits per heavy atom. The number of carbonyl (C=O) groups is 1. The second-order valence-electron chi connectivity index (χ2n) is 4.17. The molecule has 104 valence electrons. The van der Waals surface area contributed by atoms with Crippen LogP contribution in [0.15, 0.2) is 40.2 Å². The minimum absolute atomic E-state index is 0.0991. The highest BCUT2D eigenvalue weighted by atomic mass is 79.9. The summed E-state index contributed by atoms with van der Waals surface area (Å²) in [7, 11) is 0. The third kappa shape index (κ3) is 3.67. The number of aryl methyl sites for hydroxylation is 1. The van der Waals surface area contributed by atoms with Crippen molar-refractivity contribution in [1.29, 1.82) is 0 Å². The van der Waals surface area contributed by atoms with Gasteiger partial charge in [-0.15, -0.1) is 0 Å². The molecule has 7 heteroatoms. The molecule has 0 bridgehead atoms. The fraction of sp³-hybridized carbons (Fsp3) is 0.154. The van der Waals surface area contributed by atoms with Gasteiger partial charge in [0.2, 0.25) is 0 Å². The number of carbonyl (C=O) groups excluding carboxylic acids is 1. The molecule has 0 aliphatic carbocycles. The predicted octanol–water partition coefficient (Wildman–Crippen LogP) is 1.23. The molecular formula is C13H14BrN4O2+. The van der Waals surface area contributed by atoms with Crippen molar-refractivity contribution >= 4 is 28.1 Å². The lowest BCUT2D eigenvalue weighted by atomic mass is 10.2. The average Bonchev–Trinajstić information content (AvgIpc) is 2.79. The van der Waals surface area contributed by atoms with Crippen LogP contribution in [-0.2, 0) is 11.3 Å². The molecule has 1 aromatic carbocycles. The maximum Gasteiger partial charge on any atom is 0.282 e. The third-order valence-electron chi connectivity index (χ3n) is 2.67. The summed E-state index contributed by atoms with van der Waals surface area (Å²) in [5, 5.41) is 13.4. The number of imidazole rings is 1. The molecular weight excluding hydrogens is 324 g/mol. The fourth-order valence-electron chi connectivity index (χ4n) is 1.61. The first-order valence-corrected chi connectivity index (χ1v) is 6.69. The van der Waals surface area contributed by atoms with Crippen molar-refractivity contribution in [1.82, 2.24) is 10.4 Å². The number of H-pyrrole nitrogens is 1. The van der Waals surface area contributed by atoms with Crippen molar-refractivity contribution in [2.24, 2.45) is 5.10 Å². The smallest absolute Gasteiger partial charge is 0.282 e. The second kappa shape index (κ2) is 6.33. The maximum atomic E-state index is 11.7. The van der Waals surface area contributed by atoms with Gasteiger partial charge >= 0.3 is 0 Å². The van der Waals surface area contributed by atoms with Crippen LogP contribution in [0.5, 0.6) is 5.75 Å². The molecule has 0 aliphatic heterocycles. The number of aromatic amines is 1. The fourth-order valence-corrected chi connectivity index (χ4v) is 1.99. The van der Waals surface area contributed by atoms with Gasteiger partial charge in [-0.3, -0.25) is 4.79 Å². The van der Waals surface area contributed by atoms with Gasteiger partial charge in [-0.1, -0.05) is 15.9 Å². The van der Waals surface area contributed by atoms with E-state index in [9.17, 15) is 9.90 Å². The van der Waals surface area contributed by atoms with Crippen LogP contribution in [0.2, 0.25) is 0 Å². The van der Waals surface area contributed by atoms with Crippen LogP contribution in [0.3, 0.4) is 0 Å². The Kier molecular flexibility index (Phi) is 4.52. The standard InChI is InChI=1S/C13H13BrN4O2/c1-9-15-4-5-18(9)8-13(20)17-16-7-10-6-11(14)2-3-12(10)19/h2-7H,8H2,1H3,(H2,16,17,19,20)/p+1. The zero-order chi connectivity index (χ0) is 14.5. The van der Waals surface area contributed by atoms with Gasteiger partial charge in [0, 0.05) is 17.0 Å². The summed E-state index contributed by atoms with van der Waals surface area (Å²) in [6, 6.07) is 4.97. The van der Waals surface area contributed by atoms with Crippen LogP contribution in [-0.4, -0.2) is 22.2 Å². The third-order valence-corrected chi connectivity index (χ3v) is 3.17. The molecule has 2 aromatic rings. The number of phenolic OH excluding ortho intramolecular Hbond substituents is 1. The first-order chi connectivity index (χ1) is 9.56. The molecule has 2 rings (SSSR count). The summed E-state index contributed by atoms with van der Waals surface area (Å²) in [5.74, 6) is 0.735. The van der Waals surface area contributed by atoms with Gasteiger partial charge in [-0.05, 0) is 18.2 Å². The lowest BCUT2D eigenvalue weighted by Gasteiger charge is -2.00. The Labute approximate surface area is 124 Å². The number of hydrogen-bond acceptors (Lipinski definition) is 3. The number of amides is 1. The quantitative estimate of drug-likeness (QED) is 0.445. The van der Waals surface area contributed by atoms with E-state index in [-0.39, 0.29) is 18.2 Å². The predicted molar refractivity (Wildman–Crippen MR) is 77.3 cm³/mol. The summed E-state index contributed by atoms with van der Waals surface area (Å²) < 4.78 is 2.59. The van der Waals surface area contributed by atoms with E-state index < -0.39 is 0 Å². The number of aromatic nitrogens is 2. The van der Waals surface area contributed by atoms with Gasteiger partial charge in [0.1, 0.15) is 18.1 Å². The SMILES string of the molecule is Cc1[nH]cc[n+]1CC(=O)NN=Cc1cc(Br)ccc1O. The van der Waals surface area contributed by atoms with E-state index in [1.54, 1.807) is 35.2 Å². The largest absolute Gasteiger partial charge is 0.507 e. The van der Waals surface area contributed by atoms with Gasteiger partial charge in [0.25, 0.3) is 11.7 Å². The molecule has 0 atom stereocenters. The summed E-state index contributed by atoms with van der Waals surface area (Å²) in [6.45, 7) is 2.05. The topological polar surface area (TPSA) is 81.4 Å². The molecule has 1 aromatic heterocycles. The molecule has 3 N–H and O–H groups in total. The Morgan fingerprint density at radius 1 is 1.60 bits per heavy atom. The second-order valence-corrected chi connectivity index (χ2v) is 5.09. The van der Waals surface area contributed by atoms with Gasteiger partial charge in [0.15, 0.2) is 6.54 Å². The number of rotatable bonds is 4. The van der Waals surface area contributed by atoms with Crippen molar-refractivity contribution in [3.8, 4) is 5.75 Å². The molecule has 0 radical (unpaired) electrons. The minimum Gasteiger partial charge on any atom is -0.507 e. The zero-order valence-corrected chi connectivity index (χ0v) is 12.4. The number of halogens is 1. The van der Waals surface area contributed by atoms with Gasteiger partial charge < -0.3 is 5.11 Å². The van der Waals surface area contributed by atoms with Crippen molar-refractivity contribution in [3.05, 3.63) is 46.5 Å². The van der Waals surface area contributed by atoms with Crippen molar-refractivity contribution in [3.63, 3.8) is 0 Å². The summed E-state index contributed by atoms with van der Waals surface area (Å²) in [5.41, 5.74) is 2.93. The molecule has 1 amide bonds. The number of phenols is 1. The zero-order valence-electron chi connectivity index (χ0n) is 10.8. The maximum absolute atomic E-state index is 11.7. The lowest BCUT2D eigenvalue weighted by Crippen LogP contribution is -2.42. The van der Waals surface area contributed by atoms with Gasteiger partial charge in [-0.25, -0.2) is 15.0 Å². The lowest BCUT2D eigenvalue weighted by molar-refractivity contribution is -0.689. The first kappa shape index (κ1) is 14.3. The van der Waals surface area contributed by atoms with Crippen molar-refractivity contribution in [2.45, 2.75) is 13.5 Å². The van der Waals surface area contributed by atoms with Crippen LogP contribution in [0.25, 0.3) is 0 Å². The molecule has 0 saturated heterocycles. The molecule has 0 aliphatic rings. The minimum atomic E-state index is -0.247. The van der Waals surface area contributed by atoms with Crippen LogP contribution >= 0.6 is 15.9 Å². The Morgan fingerprint density at radius 2 is 2.40 bits per heavy atom. The molecule has 1 heterocycles. The van der Waals surface area contributed by atoms with Crippen LogP contribution in [0.4, 0.5) is 0 Å². The number of hydrogen-bond donors (Lipinski definition) is 3. The van der Waals surface area contributed by atoms with Crippen molar-refractivity contribution < 1.29 is 14.5 Å². The number of nitrogens with zero attached hydrogens (tertiary/aromatic N) is 2. The van der Waals surface area contributed by atoms with Crippen LogP contribution in [0, 0.1) is 6.92 Å². The number of benzene rings is 1. The van der Waals surface area contributed by atoms with E-state index >= 15 is 0 Å². The molecule has 6 nitrogen and oxygen atoms in total. The monoisotopic (exact) mass is 337 g/mol. The van der Waals surface area contributed by atoms with Crippen LogP contribution in [0.1, 0.15) is 11.4 Å². The number of nitrogens with one attached hydrogen (secondary N) is 2. The van der Waals surface area contributed by atoms with E-state index in [1.807, 2.05) is 6.92 Å². The highest BCUT2D eigenvalue weighted by molar-refractivity contribution is 9.10. The summed E-state index contributed by atoms with van der Waals surface area (Å²) in [6.07, 6.45) is 4.93. The molecule has 0 saturated carbocycles. The van der Waals surface area contributed by atoms with Crippen molar-refractivity contribution in [2.75, 3.05) is 0 Å². The van der Waals surface area contributed by atoms with Gasteiger partial charge in [0.05, 0.1) is 6.21 Å². The van der Waals surface area contributed by atoms with E-state index in [0.717, 1.165) is 10.3 Å². The Hall–Kier alpha value is -2.15.